The van der Waals surface area contributed by atoms with Crippen molar-refractivity contribution >= 4 is 40.1 Å². The lowest BCUT2D eigenvalue weighted by Crippen LogP contribution is -2.55. The molecule has 0 radical (unpaired) electrons. The fourth-order valence-corrected chi connectivity index (χ4v) is 12.6. The number of hydrogen-bond acceptors (Lipinski definition) is 14. The van der Waals surface area contributed by atoms with Crippen LogP contribution in [-0.2, 0) is 44.1 Å². The zero-order chi connectivity index (χ0) is 51.9. The van der Waals surface area contributed by atoms with Crippen LogP contribution < -0.4 is 29.1 Å². The Morgan fingerprint density at radius 2 is 1.30 bits per heavy atom. The van der Waals surface area contributed by atoms with Gasteiger partial charge in [-0.2, -0.15) is 9.10 Å². The maximum Gasteiger partial charge on any atom is 0.407 e. The molecule has 1 aliphatic heterocycles. The number of carboxylic acid groups (broad SMARTS) is 1. The molecular weight excluding hydrogens is 967 g/mol. The molecule has 0 bridgehead atoms. The van der Waals surface area contributed by atoms with Crippen LogP contribution in [-0.4, -0.2) is 138 Å². The van der Waals surface area contributed by atoms with Gasteiger partial charge in [-0.15, -0.1) is 10.2 Å². The summed E-state index contributed by atoms with van der Waals surface area (Å²) < 4.78 is 89.9. The first-order chi connectivity index (χ1) is 33.4. The van der Waals surface area contributed by atoms with Gasteiger partial charge in [-0.3, -0.25) is 0 Å². The molecule has 2 heterocycles. The minimum atomic E-state index is -4.91. The molecule has 0 spiro atoms. The maximum absolute atomic E-state index is 16.2. The third-order valence-corrected chi connectivity index (χ3v) is 20.8. The Bertz CT molecular complexity index is 2760. The number of piperazine rings is 1. The first-order valence-electron chi connectivity index (χ1n) is 23.3. The van der Waals surface area contributed by atoms with Gasteiger partial charge in [0.05, 0.1) is 46.1 Å². The molecule has 6 rings (SSSR count). The number of hydrogen-bond donors (Lipinski definition) is 3. The molecule has 1 atom stereocenters. The quantitative estimate of drug-likeness (QED) is 0.0655. The van der Waals surface area contributed by atoms with Gasteiger partial charge >= 0.3 is 6.09 Å². The molecule has 1 saturated heterocycles. The van der Waals surface area contributed by atoms with E-state index in [0.717, 1.165) is 5.56 Å². The Morgan fingerprint density at radius 1 is 0.789 bits per heavy atom. The average molecular weight is 1040 g/mol. The highest BCUT2D eigenvalue weighted by atomic mass is 32.2. The Labute approximate surface area is 419 Å². The van der Waals surface area contributed by atoms with Gasteiger partial charge in [0.25, 0.3) is 0 Å². The number of tetrazole rings is 1. The number of aromatic nitrogens is 4. The van der Waals surface area contributed by atoms with Crippen LogP contribution in [0.25, 0.3) is 11.4 Å². The van der Waals surface area contributed by atoms with Crippen molar-refractivity contribution in [1.82, 2.24) is 39.5 Å². The van der Waals surface area contributed by atoms with Gasteiger partial charge in [0.15, 0.2) is 8.32 Å². The molecule has 19 nitrogen and oxygen atoms in total. The highest BCUT2D eigenvalue weighted by Gasteiger charge is 2.42. The molecule has 71 heavy (non-hydrogen) atoms. The van der Waals surface area contributed by atoms with Gasteiger partial charge in [0.1, 0.15) is 27.0 Å². The molecule has 0 saturated carbocycles. The van der Waals surface area contributed by atoms with Crippen LogP contribution in [0.5, 0.6) is 17.2 Å². The molecule has 22 heteroatoms. The fourth-order valence-electron chi connectivity index (χ4n) is 7.79. The summed E-state index contributed by atoms with van der Waals surface area (Å²) in [4.78, 5) is 16.1. The van der Waals surface area contributed by atoms with Crippen molar-refractivity contribution in [2.24, 2.45) is 0 Å². The number of methoxy groups -OCH3 is 3. The highest BCUT2D eigenvalue weighted by Crippen LogP contribution is 2.42. The summed E-state index contributed by atoms with van der Waals surface area (Å²) in [6, 6.07) is 24.1. The largest absolute Gasteiger partial charge is 0.497 e. The van der Waals surface area contributed by atoms with Crippen molar-refractivity contribution in [3.63, 3.8) is 0 Å². The van der Waals surface area contributed by atoms with Gasteiger partial charge in [0, 0.05) is 57.0 Å². The molecule has 0 unspecified atom stereocenters. The summed E-state index contributed by atoms with van der Waals surface area (Å²) in [7, 11) is -7.76. The molecule has 1 amide bonds. The summed E-state index contributed by atoms with van der Waals surface area (Å²) in [6.45, 7) is 16.6. The second-order valence-corrected chi connectivity index (χ2v) is 28.3. The van der Waals surface area contributed by atoms with E-state index in [9.17, 15) is 9.90 Å². The molecule has 1 aromatic heterocycles. The summed E-state index contributed by atoms with van der Waals surface area (Å²) >= 11 is 0. The van der Waals surface area contributed by atoms with E-state index in [1.165, 1.54) is 34.3 Å². The Kier molecular flexibility index (Phi) is 17.3. The Hall–Kier alpha value is -5.62. The van der Waals surface area contributed by atoms with Crippen molar-refractivity contribution in [3.8, 4) is 28.6 Å². The second kappa shape index (κ2) is 22.4. The van der Waals surface area contributed by atoms with Crippen LogP contribution in [0.4, 0.5) is 10.5 Å². The van der Waals surface area contributed by atoms with Crippen LogP contribution in [0.3, 0.4) is 0 Å². The summed E-state index contributed by atoms with van der Waals surface area (Å²) in [5.41, 5.74) is 1.47. The Morgan fingerprint density at radius 3 is 1.76 bits per heavy atom. The third-order valence-electron chi connectivity index (χ3n) is 12.8. The van der Waals surface area contributed by atoms with Crippen molar-refractivity contribution in [2.75, 3.05) is 65.5 Å². The standard InChI is InChI=1S/C49H69N9O10S2Si/c1-48(2,3)57(47(59)60)34-41(68-71(10,11)49(4,5)6)30-51-69(61,62)43-25-24-42(55-28-26-50-27-29-55)44(46-52-54-58(53-46)33-37-16-22-40(67-9)23-17-37)45(43)70(63,64)56(31-35-12-18-38(65-7)19-13-35)32-36-14-20-39(66-8)21-15-36/h12-25,41,50-51H,26-34H2,1-11H3,(H,59,60)/t41-/m0/s1. The summed E-state index contributed by atoms with van der Waals surface area (Å²) in [5, 5.41) is 27.0. The number of carbonyl (C=O) groups is 1. The minimum Gasteiger partial charge on any atom is -0.497 e. The van der Waals surface area contributed by atoms with E-state index >= 15 is 16.8 Å². The van der Waals surface area contributed by atoms with Crippen LogP contribution in [0.2, 0.25) is 18.1 Å². The van der Waals surface area contributed by atoms with Gasteiger partial charge < -0.3 is 38.9 Å². The van der Waals surface area contributed by atoms with Crippen molar-refractivity contribution in [3.05, 3.63) is 102 Å². The number of nitrogens with zero attached hydrogens (tertiary/aromatic N) is 7. The van der Waals surface area contributed by atoms with Gasteiger partial charge in [-0.25, -0.2) is 26.4 Å². The highest BCUT2D eigenvalue weighted by molar-refractivity contribution is 7.92. The second-order valence-electron chi connectivity index (χ2n) is 19.9. The molecule has 3 N–H and O–H groups in total. The number of rotatable bonds is 21. The van der Waals surface area contributed by atoms with Crippen molar-refractivity contribution in [2.45, 2.75) is 101 Å². The van der Waals surface area contributed by atoms with Gasteiger partial charge in [-0.05, 0) is 109 Å². The van der Waals surface area contributed by atoms with Gasteiger partial charge in [0.2, 0.25) is 25.9 Å². The van der Waals surface area contributed by atoms with E-state index in [1.807, 2.05) is 50.9 Å². The summed E-state index contributed by atoms with van der Waals surface area (Å²) in [5.74, 6) is 1.68. The number of ether oxygens (including phenoxy) is 3. The number of sulfonamides is 2. The lowest BCUT2D eigenvalue weighted by Gasteiger charge is -2.42. The topological polar surface area (TPSA) is 220 Å². The van der Waals surface area contributed by atoms with Crippen LogP contribution in [0.15, 0.2) is 94.7 Å². The predicted octanol–water partition coefficient (Wildman–Crippen LogP) is 6.66. The summed E-state index contributed by atoms with van der Waals surface area (Å²) in [6.07, 6.45) is -2.17. The molecular formula is C49H69N9O10S2Si. The van der Waals surface area contributed by atoms with Gasteiger partial charge in [-0.1, -0.05) is 57.2 Å². The average Bonchev–Trinajstić information content (AvgIpc) is 3.79. The lowest BCUT2D eigenvalue weighted by atomic mass is 10.1. The van der Waals surface area contributed by atoms with Crippen molar-refractivity contribution < 1.29 is 45.4 Å². The van der Waals surface area contributed by atoms with Crippen LogP contribution in [0, 0.1) is 0 Å². The molecule has 386 valence electrons. The molecule has 5 aromatic rings. The van der Waals surface area contributed by atoms with Crippen LogP contribution in [0.1, 0.15) is 58.2 Å². The van der Waals surface area contributed by atoms with E-state index in [2.05, 4.69) is 20.4 Å². The monoisotopic (exact) mass is 1040 g/mol. The van der Waals surface area contributed by atoms with Crippen LogP contribution >= 0.6 is 0 Å². The predicted molar refractivity (Wildman–Crippen MR) is 275 cm³/mol. The number of anilines is 1. The molecule has 1 fully saturated rings. The molecule has 1 aliphatic rings. The first-order valence-corrected chi connectivity index (χ1v) is 29.2. The van der Waals surface area contributed by atoms with E-state index in [-0.39, 0.29) is 49.1 Å². The number of nitrogens with one attached hydrogen (secondary N) is 2. The normalized spacial score (nSPS) is 14.3. The minimum absolute atomic E-state index is 0.0518. The zero-order valence-corrected chi connectivity index (χ0v) is 45.2. The first kappa shape index (κ1) is 54.7. The number of amides is 1. The van der Waals surface area contributed by atoms with E-state index in [0.29, 0.717) is 60.2 Å². The zero-order valence-electron chi connectivity index (χ0n) is 42.6. The van der Waals surface area contributed by atoms with E-state index in [4.69, 9.17) is 23.7 Å². The van der Waals surface area contributed by atoms with Crippen molar-refractivity contribution in [1.29, 1.82) is 0 Å². The SMILES string of the molecule is COc1ccc(CN(Cc2ccc(OC)cc2)S(=O)(=O)c2c(S(=O)(=O)NC[C@@H](CN(C(=O)O)C(C)(C)C)O[Si](C)(C)C(C)(C)C)ccc(N3CCNCC3)c2-c2nnn(Cc3ccc(OC)cc3)n2)cc1. The molecule has 0 aliphatic carbocycles. The molecule has 4 aromatic carbocycles. The third kappa shape index (κ3) is 13.5. The van der Waals surface area contributed by atoms with E-state index < -0.39 is 55.9 Å². The maximum atomic E-state index is 16.2. The lowest BCUT2D eigenvalue weighted by molar-refractivity contribution is 0.0615. The fraction of sp³-hybridized carbons (Fsp3) is 0.469. The van der Waals surface area contributed by atoms with E-state index in [1.54, 1.807) is 94.6 Å². The Balaban J connectivity index is 1.58. The smallest absolute Gasteiger partial charge is 0.407 e. The number of benzene rings is 4.